The van der Waals surface area contributed by atoms with E-state index in [1.165, 1.54) is 6.92 Å². The van der Waals surface area contributed by atoms with Gasteiger partial charge in [-0.15, -0.1) is 0 Å². The van der Waals surface area contributed by atoms with Crippen molar-refractivity contribution in [2.45, 2.75) is 148 Å². The van der Waals surface area contributed by atoms with Gasteiger partial charge >= 0.3 is 0 Å². The van der Waals surface area contributed by atoms with Gasteiger partial charge in [-0.1, -0.05) is 6.92 Å². The maximum atomic E-state index is 11.4. The highest BCUT2D eigenvalue weighted by Crippen LogP contribution is 2.37. The first-order chi connectivity index (χ1) is 17.9. The molecule has 4 aliphatic heterocycles. The molecule has 0 aliphatic carbocycles. The van der Waals surface area contributed by atoms with E-state index >= 15 is 0 Å². The Morgan fingerprint density at radius 2 is 1.21 bits per heavy atom. The topological polar surface area (TPSA) is 149 Å². The molecule has 0 aromatic heterocycles. The number of hydrogen-bond acceptors (Lipinski definition) is 11. The largest absolute Gasteiger partial charge is 0.394 e. The zero-order valence-corrected chi connectivity index (χ0v) is 25.1. The molecule has 228 valence electrons. The second-order valence-corrected chi connectivity index (χ2v) is 12.4. The Labute approximate surface area is 232 Å². The predicted octanol–water partition coefficient (Wildman–Crippen LogP) is 1.55. The maximum Gasteiger partial charge on any atom is 0.217 e. The van der Waals surface area contributed by atoms with Gasteiger partial charge in [0.25, 0.3) is 0 Å². The van der Waals surface area contributed by atoms with Crippen LogP contribution in [0.3, 0.4) is 0 Å². The van der Waals surface area contributed by atoms with Crippen molar-refractivity contribution in [1.82, 2.24) is 5.32 Å². The predicted molar refractivity (Wildman–Crippen MR) is 140 cm³/mol. The summed E-state index contributed by atoms with van der Waals surface area (Å²) >= 11 is 0. The summed E-state index contributed by atoms with van der Waals surface area (Å²) in [6.45, 7) is 19.0. The quantitative estimate of drug-likeness (QED) is 0.448. The number of aliphatic hydroxyl groups excluding tert-OH is 1. The van der Waals surface area contributed by atoms with E-state index in [9.17, 15) is 9.90 Å². The van der Waals surface area contributed by atoms with Crippen LogP contribution < -0.4 is 11.1 Å². The molecule has 12 nitrogen and oxygen atoms in total. The first-order valence-electron chi connectivity index (χ1n) is 13.9. The van der Waals surface area contributed by atoms with Gasteiger partial charge < -0.3 is 54.1 Å². The lowest BCUT2D eigenvalue weighted by molar-refractivity contribution is -0.301. The first kappa shape index (κ1) is 32.6. The molecule has 0 aromatic rings. The van der Waals surface area contributed by atoms with Crippen LogP contribution in [0.5, 0.6) is 0 Å². The van der Waals surface area contributed by atoms with Crippen LogP contribution in [0.2, 0.25) is 0 Å². The highest BCUT2D eigenvalue weighted by atomic mass is 16.8. The Morgan fingerprint density at radius 3 is 1.72 bits per heavy atom. The van der Waals surface area contributed by atoms with Crippen molar-refractivity contribution >= 4 is 5.91 Å². The molecule has 4 heterocycles. The zero-order chi connectivity index (χ0) is 29.4. The van der Waals surface area contributed by atoms with Crippen LogP contribution in [0, 0.1) is 0 Å². The van der Waals surface area contributed by atoms with E-state index < -0.39 is 29.3 Å². The average Bonchev–Trinajstić information content (AvgIpc) is 3.30. The molecule has 0 spiro atoms. The van der Waals surface area contributed by atoms with Gasteiger partial charge in [-0.3, -0.25) is 4.79 Å². The summed E-state index contributed by atoms with van der Waals surface area (Å²) in [5.41, 5.74) is 6.02. The van der Waals surface area contributed by atoms with Gasteiger partial charge in [0.1, 0.15) is 30.5 Å². The molecule has 0 bridgehead atoms. The third kappa shape index (κ3) is 8.54. The lowest BCUT2D eigenvalue weighted by atomic mass is 9.98. The third-order valence-corrected chi connectivity index (χ3v) is 6.95. The SMILES string of the molecule is CC1(C)OC[C@@H](N)[C@H]([C@@H]2OC(C)(C)O[C@@H]2CO)O1.CC[C@H]1OC(C)(C)O[C@H]1[C@@H]1OC(C)(C)OC[C@H]1NC(C)=O. The molecule has 0 saturated carbocycles. The molecule has 4 saturated heterocycles. The van der Waals surface area contributed by atoms with E-state index in [1.807, 2.05) is 55.4 Å². The zero-order valence-electron chi connectivity index (χ0n) is 25.1. The van der Waals surface area contributed by atoms with E-state index in [0.29, 0.717) is 13.2 Å². The molecule has 4 fully saturated rings. The van der Waals surface area contributed by atoms with Crippen molar-refractivity contribution < 1.29 is 47.8 Å². The average molecular weight is 563 g/mol. The molecule has 4 N–H and O–H groups in total. The monoisotopic (exact) mass is 562 g/mol. The fourth-order valence-electron chi connectivity index (χ4n) is 5.40. The van der Waals surface area contributed by atoms with Crippen molar-refractivity contribution in [3.8, 4) is 0 Å². The normalized spacial score (nSPS) is 40.4. The number of aliphatic hydroxyl groups is 1. The number of amides is 1. The van der Waals surface area contributed by atoms with Gasteiger partial charge in [0.2, 0.25) is 5.91 Å². The molecule has 4 aliphatic rings. The van der Waals surface area contributed by atoms with Crippen molar-refractivity contribution in [2.24, 2.45) is 5.73 Å². The van der Waals surface area contributed by atoms with Gasteiger partial charge in [0, 0.05) is 6.92 Å². The summed E-state index contributed by atoms with van der Waals surface area (Å²) in [6.07, 6.45) is -0.937. The van der Waals surface area contributed by atoms with E-state index in [4.69, 9.17) is 43.6 Å². The van der Waals surface area contributed by atoms with Gasteiger partial charge in [-0.25, -0.2) is 0 Å². The number of nitrogens with two attached hydrogens (primary N) is 1. The maximum absolute atomic E-state index is 11.4. The smallest absolute Gasteiger partial charge is 0.217 e. The highest BCUT2D eigenvalue weighted by molar-refractivity contribution is 5.73. The molecule has 8 atom stereocenters. The Kier molecular flexibility index (Phi) is 10.1. The van der Waals surface area contributed by atoms with Gasteiger partial charge in [0.05, 0.1) is 38.0 Å². The van der Waals surface area contributed by atoms with Crippen LogP contribution in [0.4, 0.5) is 0 Å². The number of ether oxygens (including phenoxy) is 8. The molecule has 39 heavy (non-hydrogen) atoms. The van der Waals surface area contributed by atoms with Crippen LogP contribution in [0.1, 0.15) is 75.7 Å². The van der Waals surface area contributed by atoms with Crippen molar-refractivity contribution in [1.29, 1.82) is 0 Å². The molecule has 0 unspecified atom stereocenters. The van der Waals surface area contributed by atoms with Crippen LogP contribution in [0.15, 0.2) is 0 Å². The lowest BCUT2D eigenvalue weighted by Gasteiger charge is -2.43. The number of rotatable bonds is 5. The minimum atomic E-state index is -0.733. The summed E-state index contributed by atoms with van der Waals surface area (Å²) < 4.78 is 46.4. The number of hydrogen-bond donors (Lipinski definition) is 3. The summed E-state index contributed by atoms with van der Waals surface area (Å²) in [5, 5.41) is 12.3. The Bertz CT molecular complexity index is 833. The Balaban J connectivity index is 0.000000218. The Morgan fingerprint density at radius 1 is 0.744 bits per heavy atom. The highest BCUT2D eigenvalue weighted by Gasteiger charge is 2.52. The number of nitrogens with one attached hydrogen (secondary N) is 1. The fourth-order valence-corrected chi connectivity index (χ4v) is 5.40. The van der Waals surface area contributed by atoms with Crippen LogP contribution in [-0.2, 0) is 42.7 Å². The molecule has 0 aromatic carbocycles. The van der Waals surface area contributed by atoms with E-state index in [2.05, 4.69) is 12.2 Å². The number of carbonyl (C=O) groups excluding carboxylic acids is 1. The second-order valence-electron chi connectivity index (χ2n) is 12.4. The van der Waals surface area contributed by atoms with Crippen molar-refractivity contribution in [2.75, 3.05) is 19.8 Å². The van der Waals surface area contributed by atoms with Crippen molar-refractivity contribution in [3.05, 3.63) is 0 Å². The standard InChI is InChI=1S/C15H27NO5.C12H23NO5/c1-7-11-13(21-15(5,6)19-11)12-10(16-9(2)17)8-18-14(3,4)20-12;1-11(2)15-6-7(13)9(17-11)10-8(5-14)16-12(3,4)18-10/h10-13H,7-8H2,1-6H3,(H,16,17);7-10,14H,5-6,13H2,1-4H3/t10-,11-,12-,13-;7-,8-,9-,10-/m11/s1. The summed E-state index contributed by atoms with van der Waals surface area (Å²) in [4.78, 5) is 11.4. The summed E-state index contributed by atoms with van der Waals surface area (Å²) in [5.74, 6) is -2.88. The summed E-state index contributed by atoms with van der Waals surface area (Å²) in [6, 6.07) is -0.540. The molecule has 4 rings (SSSR count). The molecule has 0 radical (unpaired) electrons. The van der Waals surface area contributed by atoms with E-state index in [0.717, 1.165) is 6.42 Å². The van der Waals surface area contributed by atoms with E-state index in [1.54, 1.807) is 0 Å². The third-order valence-electron chi connectivity index (χ3n) is 6.95. The second kappa shape index (κ2) is 12.1. The molecule has 1 amide bonds. The minimum Gasteiger partial charge on any atom is -0.394 e. The molecular formula is C27H50N2O10. The fraction of sp³-hybridized carbons (Fsp3) is 0.963. The molecular weight excluding hydrogens is 512 g/mol. The van der Waals surface area contributed by atoms with Crippen LogP contribution in [-0.4, -0.2) is 103 Å². The molecule has 12 heteroatoms. The van der Waals surface area contributed by atoms with Crippen LogP contribution >= 0.6 is 0 Å². The van der Waals surface area contributed by atoms with Crippen LogP contribution in [0.25, 0.3) is 0 Å². The lowest BCUT2D eigenvalue weighted by Crippen LogP contribution is -2.61. The Hall–Kier alpha value is -0.930. The number of carbonyl (C=O) groups is 1. The van der Waals surface area contributed by atoms with Crippen molar-refractivity contribution in [3.63, 3.8) is 0 Å². The van der Waals surface area contributed by atoms with Gasteiger partial charge in [0.15, 0.2) is 23.1 Å². The van der Waals surface area contributed by atoms with Gasteiger partial charge in [-0.2, -0.15) is 0 Å². The summed E-state index contributed by atoms with van der Waals surface area (Å²) in [7, 11) is 0. The first-order valence-corrected chi connectivity index (χ1v) is 13.9. The van der Waals surface area contributed by atoms with E-state index in [-0.39, 0.29) is 55.1 Å². The minimum absolute atomic E-state index is 0.0600. The van der Waals surface area contributed by atoms with Gasteiger partial charge in [-0.05, 0) is 61.8 Å².